The Morgan fingerprint density at radius 1 is 1.14 bits per heavy atom. The molecule has 3 N–H and O–H groups in total. The molecule has 0 amide bonds. The van der Waals surface area contributed by atoms with Crippen LogP contribution in [-0.4, -0.2) is 53.6 Å². The average molecular weight is 300 g/mol. The molecule has 0 bridgehead atoms. The van der Waals surface area contributed by atoms with E-state index in [1.807, 2.05) is 36.1 Å². The summed E-state index contributed by atoms with van der Waals surface area (Å²) in [6, 6.07) is 7.70. The molecule has 3 rings (SSSR count). The number of anilines is 1. The van der Waals surface area contributed by atoms with Crippen LogP contribution in [0.2, 0.25) is 0 Å². The Balaban J connectivity index is 1.77. The van der Waals surface area contributed by atoms with E-state index in [0.29, 0.717) is 6.61 Å². The highest BCUT2D eigenvalue weighted by Crippen LogP contribution is 2.25. The minimum absolute atomic E-state index is 0.128. The highest BCUT2D eigenvalue weighted by Gasteiger charge is 2.21. The lowest BCUT2D eigenvalue weighted by molar-refractivity contribution is 0.340. The van der Waals surface area contributed by atoms with Crippen LogP contribution in [0, 0.1) is 5.41 Å². The first-order chi connectivity index (χ1) is 10.7. The Hall–Kier alpha value is -2.57. The first-order valence-corrected chi connectivity index (χ1v) is 7.42. The van der Waals surface area contributed by atoms with Crippen molar-refractivity contribution in [2.75, 3.05) is 37.7 Å². The number of fused-ring (bicyclic) bond motifs is 1. The zero-order valence-corrected chi connectivity index (χ0v) is 12.6. The molecule has 1 saturated heterocycles. The second-order valence-corrected chi connectivity index (χ2v) is 5.16. The van der Waals surface area contributed by atoms with Gasteiger partial charge in [0.25, 0.3) is 0 Å². The maximum absolute atomic E-state index is 7.46. The van der Waals surface area contributed by atoms with E-state index in [1.54, 1.807) is 0 Å². The van der Waals surface area contributed by atoms with Gasteiger partial charge in [-0.15, -0.1) is 0 Å². The van der Waals surface area contributed by atoms with Gasteiger partial charge in [-0.1, -0.05) is 0 Å². The summed E-state index contributed by atoms with van der Waals surface area (Å²) in [6.07, 6.45) is 0. The summed E-state index contributed by atoms with van der Waals surface area (Å²) in [6.45, 7) is 5.59. The number of aromatic nitrogens is 2. The van der Waals surface area contributed by atoms with Gasteiger partial charge in [-0.2, -0.15) is 0 Å². The minimum atomic E-state index is 0.128. The molecule has 3 aliphatic rings. The number of nitrogens with two attached hydrogens (primary N) is 1. The highest BCUT2D eigenvalue weighted by atomic mass is 16.5. The molecule has 0 aromatic rings. The molecule has 0 aromatic heterocycles. The number of guanidine groups is 1. The van der Waals surface area contributed by atoms with Gasteiger partial charge in [-0.05, 0) is 31.2 Å². The molecule has 2 heterocycles. The van der Waals surface area contributed by atoms with Crippen molar-refractivity contribution in [3.63, 3.8) is 0 Å². The van der Waals surface area contributed by atoms with Gasteiger partial charge in [0.2, 0.25) is 5.95 Å². The Bertz CT molecular complexity index is 604. The fourth-order valence-corrected chi connectivity index (χ4v) is 2.53. The van der Waals surface area contributed by atoms with Crippen molar-refractivity contribution in [2.24, 2.45) is 5.73 Å². The van der Waals surface area contributed by atoms with E-state index in [4.69, 9.17) is 15.9 Å². The van der Waals surface area contributed by atoms with E-state index in [1.165, 1.54) is 0 Å². The minimum Gasteiger partial charge on any atom is -0.494 e. The van der Waals surface area contributed by atoms with Crippen LogP contribution in [0.4, 0.5) is 5.95 Å². The molecule has 0 atom stereocenters. The summed E-state index contributed by atoms with van der Waals surface area (Å²) in [5.74, 6) is 1.69. The Morgan fingerprint density at radius 2 is 1.73 bits per heavy atom. The first-order valence-electron chi connectivity index (χ1n) is 7.42. The zero-order chi connectivity index (χ0) is 15.5. The Labute approximate surface area is 129 Å². The van der Waals surface area contributed by atoms with E-state index in [-0.39, 0.29) is 5.96 Å². The fraction of sp³-hybridized carbons (Fsp3) is 0.400. The normalized spacial score (nSPS) is 15.1. The van der Waals surface area contributed by atoms with Crippen LogP contribution in [0.1, 0.15) is 6.92 Å². The predicted molar refractivity (Wildman–Crippen MR) is 85.5 cm³/mol. The SMILES string of the molecule is CCOc1ccc2nc(N3CCN(C(=N)N)CC3)nc-2cc1. The highest BCUT2D eigenvalue weighted by molar-refractivity contribution is 5.75. The monoisotopic (exact) mass is 300 g/mol. The van der Waals surface area contributed by atoms with Crippen molar-refractivity contribution in [1.82, 2.24) is 14.9 Å². The third-order valence-corrected chi connectivity index (χ3v) is 3.73. The average Bonchev–Trinajstić information content (AvgIpc) is 2.84. The number of piperazine rings is 1. The molecule has 0 aromatic carbocycles. The van der Waals surface area contributed by atoms with Crippen LogP contribution in [0.25, 0.3) is 11.4 Å². The second-order valence-electron chi connectivity index (χ2n) is 5.16. The van der Waals surface area contributed by atoms with Crippen LogP contribution >= 0.6 is 0 Å². The number of imidazole rings is 1. The summed E-state index contributed by atoms with van der Waals surface area (Å²) >= 11 is 0. The lowest BCUT2D eigenvalue weighted by Crippen LogP contribution is -2.51. The molecule has 7 nitrogen and oxygen atoms in total. The smallest absolute Gasteiger partial charge is 0.226 e. The van der Waals surface area contributed by atoms with Gasteiger partial charge in [0.15, 0.2) is 5.96 Å². The van der Waals surface area contributed by atoms with Gasteiger partial charge in [0, 0.05) is 26.2 Å². The number of ether oxygens (including phenoxy) is 1. The third kappa shape index (κ3) is 2.88. The number of rotatable bonds is 3. The summed E-state index contributed by atoms with van der Waals surface area (Å²) in [5.41, 5.74) is 7.23. The topological polar surface area (TPSA) is 91.4 Å². The molecule has 1 aliphatic carbocycles. The van der Waals surface area contributed by atoms with E-state index >= 15 is 0 Å². The molecular formula is C15H20N6O. The second kappa shape index (κ2) is 6.05. The lowest BCUT2D eigenvalue weighted by Gasteiger charge is -2.34. The fourth-order valence-electron chi connectivity index (χ4n) is 2.53. The van der Waals surface area contributed by atoms with Crippen LogP contribution in [-0.2, 0) is 0 Å². The van der Waals surface area contributed by atoms with E-state index in [9.17, 15) is 0 Å². The molecule has 0 saturated carbocycles. The van der Waals surface area contributed by atoms with E-state index in [0.717, 1.165) is 49.3 Å². The summed E-state index contributed by atoms with van der Waals surface area (Å²) in [5, 5.41) is 7.46. The van der Waals surface area contributed by atoms with Crippen molar-refractivity contribution in [1.29, 1.82) is 5.41 Å². The molecule has 1 fully saturated rings. The van der Waals surface area contributed by atoms with Crippen LogP contribution in [0.15, 0.2) is 24.3 Å². The van der Waals surface area contributed by atoms with Gasteiger partial charge < -0.3 is 20.3 Å². The molecule has 22 heavy (non-hydrogen) atoms. The Morgan fingerprint density at radius 3 is 2.23 bits per heavy atom. The maximum atomic E-state index is 7.46. The summed E-state index contributed by atoms with van der Waals surface area (Å²) in [7, 11) is 0. The third-order valence-electron chi connectivity index (χ3n) is 3.73. The number of nitrogens with zero attached hydrogens (tertiary/aromatic N) is 4. The standard InChI is InChI=1S/C15H20N6O/c1-2-22-11-3-5-12-13(6-4-11)19-15(18-12)21-9-7-20(8-10-21)14(16)17/h3-6H,2,7-10H2,1H3,(H3,16,17). The van der Waals surface area contributed by atoms with Crippen molar-refractivity contribution < 1.29 is 4.74 Å². The predicted octanol–water partition coefficient (Wildman–Crippen LogP) is 0.996. The van der Waals surface area contributed by atoms with Crippen LogP contribution < -0.4 is 15.4 Å². The largest absolute Gasteiger partial charge is 0.494 e. The molecule has 2 aliphatic heterocycles. The molecular weight excluding hydrogens is 280 g/mol. The molecule has 7 heteroatoms. The van der Waals surface area contributed by atoms with Crippen LogP contribution in [0.3, 0.4) is 0 Å². The first kappa shape index (κ1) is 14.4. The van der Waals surface area contributed by atoms with E-state index < -0.39 is 0 Å². The summed E-state index contributed by atoms with van der Waals surface area (Å²) < 4.78 is 5.48. The molecule has 0 spiro atoms. The van der Waals surface area contributed by atoms with Crippen molar-refractivity contribution in [3.8, 4) is 17.1 Å². The van der Waals surface area contributed by atoms with Crippen molar-refractivity contribution >= 4 is 11.9 Å². The van der Waals surface area contributed by atoms with Gasteiger partial charge >= 0.3 is 0 Å². The number of hydrogen-bond donors (Lipinski definition) is 2. The molecule has 116 valence electrons. The van der Waals surface area contributed by atoms with Crippen molar-refractivity contribution in [3.05, 3.63) is 24.3 Å². The quantitative estimate of drug-likeness (QED) is 0.649. The maximum Gasteiger partial charge on any atom is 0.226 e. The lowest BCUT2D eigenvalue weighted by atomic mass is 10.3. The van der Waals surface area contributed by atoms with Crippen LogP contribution in [0.5, 0.6) is 5.75 Å². The van der Waals surface area contributed by atoms with Crippen molar-refractivity contribution in [2.45, 2.75) is 6.92 Å². The summed E-state index contributed by atoms with van der Waals surface area (Å²) in [4.78, 5) is 13.2. The molecule has 0 radical (unpaired) electrons. The van der Waals surface area contributed by atoms with Gasteiger partial charge in [-0.3, -0.25) is 5.41 Å². The van der Waals surface area contributed by atoms with Gasteiger partial charge in [-0.25, -0.2) is 9.97 Å². The molecule has 0 unspecified atom stereocenters. The Kier molecular flexibility index (Phi) is 3.95. The zero-order valence-electron chi connectivity index (χ0n) is 12.6. The number of nitrogens with one attached hydrogen (secondary N) is 1. The van der Waals surface area contributed by atoms with Gasteiger partial charge in [0.05, 0.1) is 18.0 Å². The van der Waals surface area contributed by atoms with Gasteiger partial charge in [0.1, 0.15) is 5.75 Å². The van der Waals surface area contributed by atoms with E-state index in [2.05, 4.69) is 14.9 Å². The number of hydrogen-bond acceptors (Lipinski definition) is 5.